The van der Waals surface area contributed by atoms with E-state index >= 15 is 0 Å². The van der Waals surface area contributed by atoms with Crippen molar-refractivity contribution in [1.29, 1.82) is 0 Å². The van der Waals surface area contributed by atoms with Crippen molar-refractivity contribution >= 4 is 44.6 Å². The third kappa shape index (κ3) is 4.17. The van der Waals surface area contributed by atoms with Crippen LogP contribution in [-0.4, -0.2) is 32.3 Å². The first kappa shape index (κ1) is 22.8. The van der Waals surface area contributed by atoms with Crippen LogP contribution in [0.3, 0.4) is 0 Å². The Labute approximate surface area is 196 Å². The highest BCUT2D eigenvalue weighted by atomic mass is 35.5. The monoisotopic (exact) mass is 485 g/mol. The van der Waals surface area contributed by atoms with Gasteiger partial charge < -0.3 is 4.90 Å². The lowest BCUT2D eigenvalue weighted by atomic mass is 10.1. The van der Waals surface area contributed by atoms with E-state index in [1.165, 1.54) is 45.6 Å². The summed E-state index contributed by atoms with van der Waals surface area (Å²) in [6, 6.07) is 17.1. The van der Waals surface area contributed by atoms with Crippen LogP contribution in [0.1, 0.15) is 22.8 Å². The van der Waals surface area contributed by atoms with Crippen LogP contribution in [0, 0.1) is 10.1 Å². The van der Waals surface area contributed by atoms with Crippen molar-refractivity contribution < 1.29 is 18.1 Å². The van der Waals surface area contributed by atoms with Gasteiger partial charge in [-0.3, -0.25) is 19.2 Å². The lowest BCUT2D eigenvalue weighted by Gasteiger charge is -2.24. The standard InChI is InChI=1S/C23H20ClN3O5S/c1-2-26(17-6-4-3-5-7-17)33(31,32)19-9-10-21(24)20(15-19)23(28)25-13-12-16-14-18(27(29)30)8-11-22(16)25/h3-11,14-15H,2,12-13H2,1H3. The third-order valence-electron chi connectivity index (χ3n) is 5.50. The number of fused-ring (bicyclic) bond motifs is 1. The smallest absolute Gasteiger partial charge is 0.269 e. The van der Waals surface area contributed by atoms with Crippen molar-refractivity contribution in [3.63, 3.8) is 0 Å². The van der Waals surface area contributed by atoms with Crippen molar-refractivity contribution in [2.24, 2.45) is 0 Å². The van der Waals surface area contributed by atoms with Gasteiger partial charge >= 0.3 is 0 Å². The van der Waals surface area contributed by atoms with E-state index in [4.69, 9.17) is 11.6 Å². The molecule has 1 aliphatic rings. The summed E-state index contributed by atoms with van der Waals surface area (Å²) in [4.78, 5) is 25.3. The quantitative estimate of drug-likeness (QED) is 0.373. The van der Waals surface area contributed by atoms with Crippen LogP contribution in [0.15, 0.2) is 71.6 Å². The molecule has 3 aromatic rings. The van der Waals surface area contributed by atoms with Crippen LogP contribution in [-0.2, 0) is 16.4 Å². The Morgan fingerprint density at radius 2 is 1.85 bits per heavy atom. The predicted molar refractivity (Wildman–Crippen MR) is 127 cm³/mol. The van der Waals surface area contributed by atoms with E-state index in [2.05, 4.69) is 0 Å². The number of benzene rings is 3. The summed E-state index contributed by atoms with van der Waals surface area (Å²) in [6.07, 6.45) is 0.454. The average Bonchev–Trinajstić information content (AvgIpc) is 3.23. The second-order valence-corrected chi connectivity index (χ2v) is 9.69. The molecule has 33 heavy (non-hydrogen) atoms. The predicted octanol–water partition coefficient (Wildman–Crippen LogP) is 4.67. The lowest BCUT2D eigenvalue weighted by molar-refractivity contribution is -0.384. The van der Waals surface area contributed by atoms with Gasteiger partial charge in [0, 0.05) is 30.9 Å². The van der Waals surface area contributed by atoms with Crippen molar-refractivity contribution in [3.05, 3.63) is 93.0 Å². The van der Waals surface area contributed by atoms with Crippen molar-refractivity contribution in [2.45, 2.75) is 18.2 Å². The zero-order chi connectivity index (χ0) is 23.8. The average molecular weight is 486 g/mol. The van der Waals surface area contributed by atoms with Crippen molar-refractivity contribution in [2.75, 3.05) is 22.3 Å². The Morgan fingerprint density at radius 1 is 1.12 bits per heavy atom. The van der Waals surface area contributed by atoms with Gasteiger partial charge in [0.05, 0.1) is 26.1 Å². The number of amides is 1. The maximum absolute atomic E-state index is 13.4. The zero-order valence-corrected chi connectivity index (χ0v) is 19.2. The van der Waals surface area contributed by atoms with Gasteiger partial charge in [-0.2, -0.15) is 0 Å². The van der Waals surface area contributed by atoms with Crippen LogP contribution in [0.2, 0.25) is 5.02 Å². The normalized spacial score (nSPS) is 13.0. The molecule has 1 amide bonds. The molecule has 3 aromatic carbocycles. The number of sulfonamides is 1. The number of carbonyl (C=O) groups excluding carboxylic acids is 1. The van der Waals surface area contributed by atoms with Gasteiger partial charge in [0.2, 0.25) is 0 Å². The molecule has 10 heteroatoms. The largest absolute Gasteiger partial charge is 0.308 e. The molecule has 1 aliphatic heterocycles. The first-order valence-electron chi connectivity index (χ1n) is 10.2. The maximum atomic E-state index is 13.4. The summed E-state index contributed by atoms with van der Waals surface area (Å²) in [5, 5.41) is 11.2. The van der Waals surface area contributed by atoms with Crippen LogP contribution >= 0.6 is 11.6 Å². The van der Waals surface area contributed by atoms with Gasteiger partial charge in [-0.05, 0) is 55.3 Å². The number of anilines is 2. The van der Waals surface area contributed by atoms with Crippen LogP contribution < -0.4 is 9.21 Å². The molecule has 0 N–H and O–H groups in total. The molecule has 0 atom stereocenters. The molecule has 0 bridgehead atoms. The van der Waals surface area contributed by atoms with E-state index in [0.717, 1.165) is 0 Å². The highest BCUT2D eigenvalue weighted by Crippen LogP contribution is 2.34. The van der Waals surface area contributed by atoms with Gasteiger partial charge in [-0.1, -0.05) is 29.8 Å². The highest BCUT2D eigenvalue weighted by Gasteiger charge is 2.30. The fourth-order valence-electron chi connectivity index (χ4n) is 3.90. The second kappa shape index (κ2) is 8.84. The first-order chi connectivity index (χ1) is 15.7. The number of halogens is 1. The van der Waals surface area contributed by atoms with E-state index in [9.17, 15) is 23.3 Å². The highest BCUT2D eigenvalue weighted by molar-refractivity contribution is 7.92. The molecule has 4 rings (SSSR count). The number of para-hydroxylation sites is 1. The summed E-state index contributed by atoms with van der Waals surface area (Å²) in [5.74, 6) is -0.465. The Bertz CT molecular complexity index is 1350. The Hall–Kier alpha value is -3.43. The number of nitro benzene ring substituents is 1. The second-order valence-electron chi connectivity index (χ2n) is 7.42. The number of nitro groups is 1. The van der Waals surface area contributed by atoms with Crippen molar-refractivity contribution in [1.82, 2.24) is 0 Å². The molecule has 0 saturated heterocycles. The summed E-state index contributed by atoms with van der Waals surface area (Å²) < 4.78 is 28.0. The molecule has 0 saturated carbocycles. The minimum absolute atomic E-state index is 0.0465. The molecule has 170 valence electrons. The van der Waals surface area contributed by atoms with Gasteiger partial charge in [0.1, 0.15) is 0 Å². The summed E-state index contributed by atoms with van der Waals surface area (Å²) >= 11 is 6.30. The Kier molecular flexibility index (Phi) is 6.09. The SMILES string of the molecule is CCN(c1ccccc1)S(=O)(=O)c1ccc(Cl)c(C(=O)N2CCc3cc([N+](=O)[O-])ccc32)c1. The van der Waals surface area contributed by atoms with Gasteiger partial charge in [0.25, 0.3) is 21.6 Å². The first-order valence-corrected chi connectivity index (χ1v) is 12.0. The molecule has 1 heterocycles. The Balaban J connectivity index is 1.70. The van der Waals surface area contributed by atoms with Gasteiger partial charge in [-0.25, -0.2) is 8.42 Å². The molecule has 0 aliphatic carbocycles. The number of rotatable bonds is 6. The minimum atomic E-state index is -3.95. The zero-order valence-electron chi connectivity index (χ0n) is 17.6. The maximum Gasteiger partial charge on any atom is 0.269 e. The number of carbonyl (C=O) groups is 1. The number of nitrogens with zero attached hydrogens (tertiary/aromatic N) is 3. The molecule has 0 spiro atoms. The molecule has 0 unspecified atom stereocenters. The fraction of sp³-hybridized carbons (Fsp3) is 0.174. The summed E-state index contributed by atoms with van der Waals surface area (Å²) in [6.45, 7) is 2.25. The summed E-state index contributed by atoms with van der Waals surface area (Å²) in [5.41, 5.74) is 1.74. The number of hydrogen-bond acceptors (Lipinski definition) is 5. The van der Waals surface area contributed by atoms with Gasteiger partial charge in [-0.15, -0.1) is 0 Å². The number of hydrogen-bond donors (Lipinski definition) is 0. The molecule has 0 fully saturated rings. The van der Waals surface area contributed by atoms with Crippen LogP contribution in [0.5, 0.6) is 0 Å². The molecular weight excluding hydrogens is 466 g/mol. The summed E-state index contributed by atoms with van der Waals surface area (Å²) in [7, 11) is -3.95. The van der Waals surface area contributed by atoms with E-state index < -0.39 is 20.9 Å². The van der Waals surface area contributed by atoms with E-state index in [1.54, 1.807) is 37.3 Å². The minimum Gasteiger partial charge on any atom is -0.308 e. The molecule has 8 nitrogen and oxygen atoms in total. The third-order valence-corrected chi connectivity index (χ3v) is 7.73. The van der Waals surface area contributed by atoms with Gasteiger partial charge in [0.15, 0.2) is 0 Å². The van der Waals surface area contributed by atoms with E-state index in [0.29, 0.717) is 29.9 Å². The molecule has 0 aromatic heterocycles. The van der Waals surface area contributed by atoms with Crippen LogP contribution in [0.25, 0.3) is 0 Å². The molecular formula is C23H20ClN3O5S. The van der Waals surface area contributed by atoms with Crippen molar-refractivity contribution in [3.8, 4) is 0 Å². The molecule has 0 radical (unpaired) electrons. The van der Waals surface area contributed by atoms with E-state index in [1.807, 2.05) is 0 Å². The lowest BCUT2D eigenvalue weighted by Crippen LogP contribution is -2.32. The fourth-order valence-corrected chi connectivity index (χ4v) is 5.60. The topological polar surface area (TPSA) is 101 Å². The van der Waals surface area contributed by atoms with Crippen LogP contribution in [0.4, 0.5) is 17.1 Å². The van der Waals surface area contributed by atoms with E-state index in [-0.39, 0.29) is 27.7 Å². The Morgan fingerprint density at radius 3 is 2.52 bits per heavy atom. The number of non-ortho nitro benzene ring substituents is 1.